The van der Waals surface area contributed by atoms with Gasteiger partial charge in [0.2, 0.25) is 0 Å². The number of benzene rings is 2. The normalized spacial score (nSPS) is 16.4. The number of urea groups is 1. The molecule has 0 radical (unpaired) electrons. The molecule has 1 fully saturated rings. The fraction of sp³-hybridized carbons (Fsp3) is 0.0556. The molecule has 5 nitrogen and oxygen atoms in total. The van der Waals surface area contributed by atoms with Gasteiger partial charge < -0.3 is 0 Å². The van der Waals surface area contributed by atoms with Gasteiger partial charge >= 0.3 is 6.03 Å². The van der Waals surface area contributed by atoms with Crippen molar-refractivity contribution in [3.05, 3.63) is 69.2 Å². The number of rotatable bonds is 2. The summed E-state index contributed by atoms with van der Waals surface area (Å²) in [6.45, 7) is 1.84. The topological polar surface area (TPSA) is 66.5 Å². The van der Waals surface area contributed by atoms with Crippen molar-refractivity contribution >= 4 is 52.8 Å². The molecular formula is C18H12Cl2N2O3. The van der Waals surface area contributed by atoms with E-state index in [0.717, 1.165) is 10.5 Å². The zero-order valence-electron chi connectivity index (χ0n) is 13.0. The van der Waals surface area contributed by atoms with Gasteiger partial charge in [-0.3, -0.25) is 14.9 Å². The number of halogens is 2. The van der Waals surface area contributed by atoms with Gasteiger partial charge in [0.05, 0.1) is 5.69 Å². The van der Waals surface area contributed by atoms with Crippen LogP contribution in [0.15, 0.2) is 48.0 Å². The number of nitrogens with one attached hydrogen (secondary N) is 1. The van der Waals surface area contributed by atoms with E-state index < -0.39 is 17.8 Å². The third kappa shape index (κ3) is 3.43. The summed E-state index contributed by atoms with van der Waals surface area (Å²) in [7, 11) is 0. The SMILES string of the molecule is Cc1cccc(N2C(=O)NC(=O)/C(=C\c3ccc(Cl)cc3Cl)C2=O)c1. The summed E-state index contributed by atoms with van der Waals surface area (Å²) in [5, 5.41) is 2.89. The number of imide groups is 2. The van der Waals surface area contributed by atoms with Crippen molar-refractivity contribution in [1.82, 2.24) is 5.32 Å². The summed E-state index contributed by atoms with van der Waals surface area (Å²) in [6.07, 6.45) is 1.34. The average Bonchev–Trinajstić information content (AvgIpc) is 2.53. The van der Waals surface area contributed by atoms with Crippen LogP contribution in [0, 0.1) is 6.92 Å². The molecule has 1 saturated heterocycles. The molecule has 1 aliphatic heterocycles. The molecular weight excluding hydrogens is 363 g/mol. The molecule has 4 amide bonds. The second-order valence-electron chi connectivity index (χ2n) is 5.46. The Balaban J connectivity index is 2.05. The van der Waals surface area contributed by atoms with E-state index in [0.29, 0.717) is 21.3 Å². The lowest BCUT2D eigenvalue weighted by atomic mass is 10.1. The number of aryl methyl sites for hydroxylation is 1. The summed E-state index contributed by atoms with van der Waals surface area (Å²) in [5.41, 5.74) is 1.51. The van der Waals surface area contributed by atoms with Gasteiger partial charge in [0, 0.05) is 10.0 Å². The molecule has 126 valence electrons. The number of carbonyl (C=O) groups is 3. The number of carbonyl (C=O) groups excluding carboxylic acids is 3. The van der Waals surface area contributed by atoms with E-state index in [-0.39, 0.29) is 5.57 Å². The van der Waals surface area contributed by atoms with Crippen LogP contribution in [-0.4, -0.2) is 17.8 Å². The van der Waals surface area contributed by atoms with Crippen molar-refractivity contribution < 1.29 is 14.4 Å². The predicted octanol–water partition coefficient (Wildman–Crippen LogP) is 3.97. The highest BCUT2D eigenvalue weighted by molar-refractivity contribution is 6.40. The number of hydrogen-bond acceptors (Lipinski definition) is 3. The lowest BCUT2D eigenvalue weighted by molar-refractivity contribution is -0.122. The van der Waals surface area contributed by atoms with Crippen LogP contribution < -0.4 is 10.2 Å². The maximum Gasteiger partial charge on any atom is 0.335 e. The molecule has 0 unspecified atom stereocenters. The molecule has 2 aromatic rings. The molecule has 1 heterocycles. The number of amides is 4. The Hall–Kier alpha value is -2.63. The maximum atomic E-state index is 12.7. The van der Waals surface area contributed by atoms with Crippen molar-refractivity contribution in [3.63, 3.8) is 0 Å². The van der Waals surface area contributed by atoms with Crippen molar-refractivity contribution in [2.45, 2.75) is 6.92 Å². The largest absolute Gasteiger partial charge is 0.335 e. The van der Waals surface area contributed by atoms with Crippen molar-refractivity contribution in [2.75, 3.05) is 4.90 Å². The van der Waals surface area contributed by atoms with Crippen molar-refractivity contribution in [1.29, 1.82) is 0 Å². The molecule has 7 heteroatoms. The fourth-order valence-corrected chi connectivity index (χ4v) is 2.90. The van der Waals surface area contributed by atoms with Gasteiger partial charge in [-0.15, -0.1) is 0 Å². The lowest BCUT2D eigenvalue weighted by Crippen LogP contribution is -2.54. The van der Waals surface area contributed by atoms with E-state index in [9.17, 15) is 14.4 Å². The highest BCUT2D eigenvalue weighted by atomic mass is 35.5. The van der Waals surface area contributed by atoms with Crippen LogP contribution in [0.25, 0.3) is 6.08 Å². The predicted molar refractivity (Wildman–Crippen MR) is 96.6 cm³/mol. The Bertz CT molecular complexity index is 938. The van der Waals surface area contributed by atoms with Crippen LogP contribution >= 0.6 is 23.2 Å². The van der Waals surface area contributed by atoms with Crippen LogP contribution in [0.2, 0.25) is 10.0 Å². The minimum atomic E-state index is -0.792. The number of nitrogens with zero attached hydrogens (tertiary/aromatic N) is 1. The van der Waals surface area contributed by atoms with Crippen LogP contribution in [0.5, 0.6) is 0 Å². The highest BCUT2D eigenvalue weighted by Gasteiger charge is 2.36. The number of anilines is 1. The van der Waals surface area contributed by atoms with Gasteiger partial charge in [-0.1, -0.05) is 41.4 Å². The lowest BCUT2D eigenvalue weighted by Gasteiger charge is -2.26. The molecule has 0 spiro atoms. The van der Waals surface area contributed by atoms with Crippen LogP contribution in [0.3, 0.4) is 0 Å². The van der Waals surface area contributed by atoms with Gasteiger partial charge in [-0.05, 0) is 48.4 Å². The zero-order valence-corrected chi connectivity index (χ0v) is 14.6. The minimum absolute atomic E-state index is 0.190. The average molecular weight is 375 g/mol. The minimum Gasteiger partial charge on any atom is -0.273 e. The Kier molecular flexibility index (Phi) is 4.61. The summed E-state index contributed by atoms with van der Waals surface area (Å²) in [4.78, 5) is 37.9. The van der Waals surface area contributed by atoms with Gasteiger partial charge in [0.1, 0.15) is 5.57 Å². The molecule has 2 aromatic carbocycles. The molecule has 25 heavy (non-hydrogen) atoms. The first-order valence-corrected chi connectivity index (χ1v) is 8.05. The second kappa shape index (κ2) is 6.70. The summed E-state index contributed by atoms with van der Waals surface area (Å²) in [5.74, 6) is -1.49. The Morgan fingerprint density at radius 3 is 2.48 bits per heavy atom. The van der Waals surface area contributed by atoms with Gasteiger partial charge in [-0.2, -0.15) is 0 Å². The van der Waals surface area contributed by atoms with Crippen LogP contribution in [0.4, 0.5) is 10.5 Å². The van der Waals surface area contributed by atoms with Crippen LogP contribution in [-0.2, 0) is 9.59 Å². The molecule has 0 atom stereocenters. The molecule has 1 N–H and O–H groups in total. The summed E-state index contributed by atoms with van der Waals surface area (Å²) >= 11 is 11.9. The van der Waals surface area contributed by atoms with Gasteiger partial charge in [0.25, 0.3) is 11.8 Å². The second-order valence-corrected chi connectivity index (χ2v) is 6.31. The van der Waals surface area contributed by atoms with E-state index >= 15 is 0 Å². The van der Waals surface area contributed by atoms with Crippen molar-refractivity contribution in [2.24, 2.45) is 0 Å². The first kappa shape index (κ1) is 17.2. The molecule has 0 saturated carbocycles. The quantitative estimate of drug-likeness (QED) is 0.638. The van der Waals surface area contributed by atoms with Crippen molar-refractivity contribution in [3.8, 4) is 0 Å². The standard InChI is InChI=1S/C18H12Cl2N2O3/c1-10-3-2-4-13(7-10)22-17(24)14(16(23)21-18(22)25)8-11-5-6-12(19)9-15(11)20/h2-9H,1H3,(H,21,23,25)/b14-8+. The Morgan fingerprint density at radius 1 is 1.04 bits per heavy atom. The monoisotopic (exact) mass is 374 g/mol. The number of hydrogen-bond donors (Lipinski definition) is 1. The summed E-state index contributed by atoms with van der Waals surface area (Å²) < 4.78 is 0. The molecule has 3 rings (SSSR count). The van der Waals surface area contributed by atoms with E-state index in [2.05, 4.69) is 5.32 Å². The number of barbiturate groups is 1. The van der Waals surface area contributed by atoms with Crippen LogP contribution in [0.1, 0.15) is 11.1 Å². The third-order valence-electron chi connectivity index (χ3n) is 3.62. The molecule has 1 aliphatic rings. The van der Waals surface area contributed by atoms with E-state index in [1.165, 1.54) is 12.1 Å². The molecule has 0 aliphatic carbocycles. The Morgan fingerprint density at radius 2 is 1.80 bits per heavy atom. The smallest absolute Gasteiger partial charge is 0.273 e. The van der Waals surface area contributed by atoms with E-state index in [1.807, 2.05) is 13.0 Å². The summed E-state index contributed by atoms with van der Waals surface area (Å²) in [6, 6.07) is 10.8. The third-order valence-corrected chi connectivity index (χ3v) is 4.19. The zero-order chi connectivity index (χ0) is 18.1. The van der Waals surface area contributed by atoms with Gasteiger partial charge in [0.15, 0.2) is 0 Å². The first-order valence-electron chi connectivity index (χ1n) is 7.30. The molecule has 0 aromatic heterocycles. The van der Waals surface area contributed by atoms with Gasteiger partial charge in [-0.25, -0.2) is 9.69 Å². The molecule has 0 bridgehead atoms. The first-order chi connectivity index (χ1) is 11.9. The highest BCUT2D eigenvalue weighted by Crippen LogP contribution is 2.26. The fourth-order valence-electron chi connectivity index (χ4n) is 2.43. The van der Waals surface area contributed by atoms with E-state index in [4.69, 9.17) is 23.2 Å². The van der Waals surface area contributed by atoms with E-state index in [1.54, 1.807) is 30.3 Å². The Labute approximate surface area is 153 Å². The maximum absolute atomic E-state index is 12.7.